The molecule has 11 nitrogen and oxygen atoms in total. The van der Waals surface area contributed by atoms with Crippen LogP contribution in [0.4, 0.5) is 23.4 Å². The Morgan fingerprint density at radius 3 is 2.56 bits per heavy atom. The van der Waals surface area contributed by atoms with E-state index in [1.54, 1.807) is 6.07 Å². The van der Waals surface area contributed by atoms with Crippen LogP contribution in [0.1, 0.15) is 37.8 Å². The van der Waals surface area contributed by atoms with Crippen LogP contribution in [-0.4, -0.2) is 71.5 Å². The Bertz CT molecular complexity index is 1100. The number of fused-ring (bicyclic) bond motifs is 2. The van der Waals surface area contributed by atoms with Gasteiger partial charge in [-0.3, -0.25) is 14.3 Å². The summed E-state index contributed by atoms with van der Waals surface area (Å²) in [7, 11) is -2.01. The number of aromatic nitrogens is 4. The summed E-state index contributed by atoms with van der Waals surface area (Å²) in [5, 5.41) is 22.5. The van der Waals surface area contributed by atoms with E-state index < -0.39 is 10.0 Å². The molecule has 3 N–H and O–H groups in total. The lowest BCUT2D eigenvalue weighted by molar-refractivity contribution is 0.135. The molecular weight excluding hydrogens is 430 g/mol. The molecule has 0 aromatic carbocycles. The number of nitrogens with one attached hydrogen (secondary N) is 3. The molecule has 4 rings (SSSR count). The number of sulfonamides is 1. The highest BCUT2D eigenvalue weighted by Gasteiger charge is 2.40. The predicted octanol–water partition coefficient (Wildman–Crippen LogP) is 1.97. The molecule has 0 radical (unpaired) electrons. The summed E-state index contributed by atoms with van der Waals surface area (Å²) in [5.41, 5.74) is 0.895. The van der Waals surface area contributed by atoms with E-state index in [1.165, 1.54) is 7.05 Å². The van der Waals surface area contributed by atoms with Gasteiger partial charge in [0.25, 0.3) is 0 Å². The largest absolute Gasteiger partial charge is 0.351 e. The third-order valence-electron chi connectivity index (χ3n) is 6.19. The van der Waals surface area contributed by atoms with Gasteiger partial charge in [0.05, 0.1) is 12.3 Å². The molecule has 0 amide bonds. The molecular formula is C20H29N9O2S. The van der Waals surface area contributed by atoms with Crippen molar-refractivity contribution in [2.24, 2.45) is 0 Å². The average molecular weight is 460 g/mol. The molecule has 172 valence electrons. The quantitative estimate of drug-likeness (QED) is 0.540. The molecule has 2 aromatic heterocycles. The molecule has 4 heterocycles. The van der Waals surface area contributed by atoms with Gasteiger partial charge in [0.1, 0.15) is 11.6 Å². The van der Waals surface area contributed by atoms with Gasteiger partial charge < -0.3 is 10.6 Å². The number of nitriles is 1. The molecule has 0 spiro atoms. The zero-order valence-corrected chi connectivity index (χ0v) is 19.4. The Morgan fingerprint density at radius 2 is 1.97 bits per heavy atom. The number of hydrogen-bond acceptors (Lipinski definition) is 9. The van der Waals surface area contributed by atoms with Gasteiger partial charge in [0, 0.05) is 56.0 Å². The molecule has 2 saturated heterocycles. The molecule has 32 heavy (non-hydrogen) atoms. The number of anilines is 4. The summed E-state index contributed by atoms with van der Waals surface area (Å²) < 4.78 is 25.3. The maximum Gasteiger partial charge on any atom is 0.233 e. The lowest BCUT2D eigenvalue weighted by Gasteiger charge is -2.38. The molecule has 2 aromatic rings. The Morgan fingerprint density at radius 1 is 1.25 bits per heavy atom. The summed E-state index contributed by atoms with van der Waals surface area (Å²) in [6.07, 6.45) is 5.85. The molecule has 0 saturated carbocycles. The van der Waals surface area contributed by atoms with E-state index >= 15 is 0 Å². The second kappa shape index (κ2) is 8.91. The van der Waals surface area contributed by atoms with Gasteiger partial charge in [-0.15, -0.1) is 0 Å². The second-order valence-electron chi connectivity index (χ2n) is 8.57. The van der Waals surface area contributed by atoms with Gasteiger partial charge in [-0.2, -0.15) is 20.3 Å². The lowest BCUT2D eigenvalue weighted by atomic mass is 9.97. The van der Waals surface area contributed by atoms with Crippen LogP contribution in [-0.2, 0) is 10.0 Å². The molecule has 12 heteroatoms. The van der Waals surface area contributed by atoms with Crippen molar-refractivity contribution in [2.45, 2.75) is 57.2 Å². The Labute approximate surface area is 188 Å². The highest BCUT2D eigenvalue weighted by atomic mass is 32.2. The monoisotopic (exact) mass is 459 g/mol. The first-order valence-corrected chi connectivity index (χ1v) is 12.6. The fourth-order valence-corrected chi connectivity index (χ4v) is 5.06. The molecule has 2 bridgehead atoms. The number of piperidine rings is 1. The number of nitrogens with zero attached hydrogens (tertiary/aromatic N) is 6. The Hall–Kier alpha value is -2.91. The molecule has 2 aliphatic heterocycles. The van der Waals surface area contributed by atoms with Crippen LogP contribution in [0, 0.1) is 18.3 Å². The number of aryl methyl sites for hydroxylation is 1. The fraction of sp³-hybridized carbons (Fsp3) is 0.600. The van der Waals surface area contributed by atoms with Crippen LogP contribution >= 0.6 is 0 Å². The average Bonchev–Trinajstić information content (AvgIpc) is 3.23. The minimum Gasteiger partial charge on any atom is -0.351 e. The van der Waals surface area contributed by atoms with E-state index in [1.807, 2.05) is 13.0 Å². The second-order valence-corrected chi connectivity index (χ2v) is 10.6. The van der Waals surface area contributed by atoms with Crippen LogP contribution in [0.15, 0.2) is 12.1 Å². The molecule has 2 aliphatic rings. The number of hydrogen-bond donors (Lipinski definition) is 3. The maximum atomic E-state index is 12.1. The molecule has 3 atom stereocenters. The normalized spacial score (nSPS) is 23.0. The van der Waals surface area contributed by atoms with Gasteiger partial charge in [-0.1, -0.05) is 0 Å². The third kappa shape index (κ3) is 4.94. The van der Waals surface area contributed by atoms with Crippen LogP contribution in [0.2, 0.25) is 0 Å². The molecule has 0 unspecified atom stereocenters. The fourth-order valence-electron chi connectivity index (χ4n) is 4.63. The number of aromatic amines is 1. The van der Waals surface area contributed by atoms with Crippen LogP contribution < -0.4 is 14.9 Å². The summed E-state index contributed by atoms with van der Waals surface area (Å²) in [5.74, 6) is 1.69. The highest BCUT2D eigenvalue weighted by molar-refractivity contribution is 7.92. The molecule has 2 fully saturated rings. The maximum absolute atomic E-state index is 12.1. The van der Waals surface area contributed by atoms with E-state index in [-0.39, 0.29) is 11.9 Å². The van der Waals surface area contributed by atoms with Gasteiger partial charge >= 0.3 is 0 Å². The van der Waals surface area contributed by atoms with E-state index in [9.17, 15) is 8.42 Å². The van der Waals surface area contributed by atoms with Gasteiger partial charge in [0.2, 0.25) is 16.0 Å². The van der Waals surface area contributed by atoms with E-state index in [0.717, 1.165) is 48.5 Å². The smallest absolute Gasteiger partial charge is 0.233 e. The van der Waals surface area contributed by atoms with Crippen LogP contribution in [0.25, 0.3) is 0 Å². The zero-order valence-electron chi connectivity index (χ0n) is 18.5. The van der Waals surface area contributed by atoms with Crippen molar-refractivity contribution in [1.82, 2.24) is 25.1 Å². The Balaban J connectivity index is 1.55. The molecule has 0 aliphatic carbocycles. The van der Waals surface area contributed by atoms with E-state index in [0.29, 0.717) is 36.1 Å². The summed E-state index contributed by atoms with van der Waals surface area (Å²) in [6.45, 7) is 2.71. The summed E-state index contributed by atoms with van der Waals surface area (Å²) >= 11 is 0. The first-order valence-electron chi connectivity index (χ1n) is 10.7. The van der Waals surface area contributed by atoms with Crippen molar-refractivity contribution in [2.75, 3.05) is 34.8 Å². The van der Waals surface area contributed by atoms with Crippen molar-refractivity contribution < 1.29 is 8.42 Å². The minimum atomic E-state index is -3.48. The first-order chi connectivity index (χ1) is 15.2. The standard InChI is InChI=1S/C20H29N9O2S/c1-13-9-18(27-26-13)23-17-12-19(28(2)32(3,30)31)25-20(24-17)22-14-10-15-5-6-16(11-14)29(15)8-4-7-21/h9,12,14-16H,4-6,8,10-11H2,1-3H3,(H3,22,23,24,25,26,27)/t14-,15-,16+. The predicted molar refractivity (Wildman–Crippen MR) is 122 cm³/mol. The van der Waals surface area contributed by atoms with Gasteiger partial charge in [0.15, 0.2) is 5.82 Å². The van der Waals surface area contributed by atoms with Crippen LogP contribution in [0.3, 0.4) is 0 Å². The van der Waals surface area contributed by atoms with Crippen molar-refractivity contribution in [3.05, 3.63) is 17.8 Å². The van der Waals surface area contributed by atoms with E-state index in [2.05, 4.69) is 41.8 Å². The first kappa shape index (κ1) is 22.3. The third-order valence-corrected chi connectivity index (χ3v) is 7.38. The van der Waals surface area contributed by atoms with Gasteiger partial charge in [-0.25, -0.2) is 8.42 Å². The number of H-pyrrole nitrogens is 1. The SMILES string of the molecule is Cc1cc(Nc2cc(N(C)S(C)(=O)=O)nc(N[C@@H]3C[C@H]4CC[C@@H](C3)N4CCC#N)n2)n[nH]1. The summed E-state index contributed by atoms with van der Waals surface area (Å²) in [4.78, 5) is 11.5. The highest BCUT2D eigenvalue weighted by Crippen LogP contribution is 2.36. The lowest BCUT2D eigenvalue weighted by Crippen LogP contribution is -2.47. The van der Waals surface area contributed by atoms with Crippen molar-refractivity contribution in [3.63, 3.8) is 0 Å². The van der Waals surface area contributed by atoms with Crippen LogP contribution in [0.5, 0.6) is 0 Å². The minimum absolute atomic E-state index is 0.185. The summed E-state index contributed by atoms with van der Waals surface area (Å²) in [6, 6.07) is 6.76. The van der Waals surface area contributed by atoms with Crippen molar-refractivity contribution >= 4 is 33.4 Å². The van der Waals surface area contributed by atoms with E-state index in [4.69, 9.17) is 5.26 Å². The van der Waals surface area contributed by atoms with Crippen molar-refractivity contribution in [3.8, 4) is 6.07 Å². The van der Waals surface area contributed by atoms with Crippen molar-refractivity contribution in [1.29, 1.82) is 5.26 Å². The number of rotatable bonds is 8. The zero-order chi connectivity index (χ0) is 22.9. The Kier molecular flexibility index (Phi) is 6.21. The topological polar surface area (TPSA) is 143 Å². The van der Waals surface area contributed by atoms with Gasteiger partial charge in [-0.05, 0) is 32.6 Å².